The zero-order valence-corrected chi connectivity index (χ0v) is 21.8. The molecule has 1 aromatic heterocycles. The fourth-order valence-electron chi connectivity index (χ4n) is 2.69. The summed E-state index contributed by atoms with van der Waals surface area (Å²) in [5.41, 5.74) is 2.71. The number of halogens is 7. The van der Waals surface area contributed by atoms with E-state index in [9.17, 15) is 35.5 Å². The highest BCUT2D eigenvalue weighted by Gasteiger charge is 2.38. The van der Waals surface area contributed by atoms with Crippen LogP contribution < -0.4 is 15.0 Å². The molecule has 0 spiro atoms. The number of aromatic amines is 1. The van der Waals surface area contributed by atoms with Gasteiger partial charge in [0, 0.05) is 25.9 Å². The van der Waals surface area contributed by atoms with Gasteiger partial charge in [-0.3, -0.25) is 10.4 Å². The van der Waals surface area contributed by atoms with E-state index in [-0.39, 0.29) is 12.3 Å². The van der Waals surface area contributed by atoms with Crippen molar-refractivity contribution in [3.05, 3.63) is 60.2 Å². The summed E-state index contributed by atoms with van der Waals surface area (Å²) in [7, 11) is 5.09. The molecule has 230 valence electrons. The molecule has 0 atom stereocenters. The molecule has 0 radical (unpaired) electrons. The number of rotatable bonds is 6. The lowest BCUT2D eigenvalue weighted by Crippen LogP contribution is -2.21. The van der Waals surface area contributed by atoms with Crippen molar-refractivity contribution in [3.63, 3.8) is 0 Å². The minimum absolute atomic E-state index is 0.0368. The monoisotopic (exact) mass is 612 g/mol. The molecule has 42 heavy (non-hydrogen) atoms. The Bertz CT molecular complexity index is 1320. The number of carbonyl (C=O) groups excluding carboxylic acids is 1. The Balaban J connectivity index is 0.000000522. The third kappa shape index (κ3) is 11.6. The number of nitrogens with zero attached hydrogens (tertiary/aromatic N) is 2. The predicted octanol–water partition coefficient (Wildman–Crippen LogP) is 5.31. The second kappa shape index (κ2) is 15.1. The van der Waals surface area contributed by atoms with Crippen LogP contribution in [0.4, 0.5) is 46.9 Å². The molecule has 1 heterocycles. The lowest BCUT2D eigenvalue weighted by atomic mass is 10.1. The number of methoxy groups -OCH3 is 1. The summed E-state index contributed by atoms with van der Waals surface area (Å²) in [6.07, 6.45) is -7.64. The molecular weight excluding hydrogens is 589 g/mol. The van der Waals surface area contributed by atoms with Gasteiger partial charge in [0.1, 0.15) is 23.9 Å². The summed E-state index contributed by atoms with van der Waals surface area (Å²) in [6.45, 7) is 0.0368. The van der Waals surface area contributed by atoms with Crippen LogP contribution in [0.5, 0.6) is 5.75 Å². The summed E-state index contributed by atoms with van der Waals surface area (Å²) < 4.78 is 88.6. The van der Waals surface area contributed by atoms with Crippen molar-refractivity contribution in [2.45, 2.75) is 19.0 Å². The van der Waals surface area contributed by atoms with Crippen LogP contribution in [0.3, 0.4) is 0 Å². The topological polar surface area (TPSA) is 154 Å². The summed E-state index contributed by atoms with van der Waals surface area (Å²) in [4.78, 5) is 31.7. The molecule has 0 saturated carbocycles. The maximum atomic E-state index is 14.7. The van der Waals surface area contributed by atoms with Crippen molar-refractivity contribution < 1.29 is 64.8 Å². The molecule has 0 unspecified atom stereocenters. The van der Waals surface area contributed by atoms with Gasteiger partial charge in [0.2, 0.25) is 0 Å². The zero-order chi connectivity index (χ0) is 32.3. The highest BCUT2D eigenvalue weighted by atomic mass is 19.4. The Morgan fingerprint density at radius 1 is 0.976 bits per heavy atom. The second-order valence-electron chi connectivity index (χ2n) is 7.89. The lowest BCUT2D eigenvalue weighted by Gasteiger charge is -2.20. The Hall–Kier alpha value is -5.03. The molecule has 0 aliphatic rings. The largest absolute Gasteiger partial charge is 0.497 e. The number of H-pyrrole nitrogens is 1. The van der Waals surface area contributed by atoms with Gasteiger partial charge in [0.25, 0.3) is 0 Å². The summed E-state index contributed by atoms with van der Waals surface area (Å²) in [6, 6.07) is 10.3. The molecular formula is C24H23F7N4O7. The number of aliphatic carboxylic acids is 2. The van der Waals surface area contributed by atoms with Crippen molar-refractivity contribution in [1.82, 2.24) is 10.2 Å². The molecule has 18 heteroatoms. The van der Waals surface area contributed by atoms with Crippen molar-refractivity contribution in [2.75, 3.05) is 31.4 Å². The van der Waals surface area contributed by atoms with E-state index in [2.05, 4.69) is 15.5 Å². The molecule has 3 rings (SSSR count). The first-order chi connectivity index (χ1) is 19.4. The van der Waals surface area contributed by atoms with Gasteiger partial charge in [0.05, 0.1) is 19.0 Å². The van der Waals surface area contributed by atoms with Gasteiger partial charge in [-0.15, -0.1) is 0 Å². The molecule has 0 fully saturated rings. The number of carboxylic acid groups (broad SMARTS) is 2. The molecule has 0 aliphatic heterocycles. The number of hydrogen-bond acceptors (Lipinski definition) is 7. The van der Waals surface area contributed by atoms with Gasteiger partial charge in [-0.2, -0.15) is 31.4 Å². The Morgan fingerprint density at radius 3 is 2.00 bits per heavy atom. The quantitative estimate of drug-likeness (QED) is 0.271. The summed E-state index contributed by atoms with van der Waals surface area (Å²) >= 11 is 0. The van der Waals surface area contributed by atoms with Crippen molar-refractivity contribution >= 4 is 29.4 Å². The van der Waals surface area contributed by atoms with Gasteiger partial charge in [0.15, 0.2) is 0 Å². The number of carbonyl (C=O) groups is 3. The number of ether oxygens (including phenoxy) is 2. The van der Waals surface area contributed by atoms with Crippen LogP contribution in [0.2, 0.25) is 0 Å². The van der Waals surface area contributed by atoms with Crippen LogP contribution in [0.25, 0.3) is 11.1 Å². The molecule has 4 N–H and O–H groups in total. The van der Waals surface area contributed by atoms with E-state index in [1.54, 1.807) is 68.8 Å². The third-order valence-electron chi connectivity index (χ3n) is 4.60. The SMILES string of the molecule is COc1cccc(COC(=O)Nc2c(F)cc(-c3cn[nH]c3)cc2N(C)C)c1.O=C(O)C(F)(F)F.O=C(O)C(F)(F)F. The summed E-state index contributed by atoms with van der Waals surface area (Å²) in [5, 5.41) is 23.3. The smallest absolute Gasteiger partial charge is 0.490 e. The van der Waals surface area contributed by atoms with Gasteiger partial charge in [-0.05, 0) is 35.4 Å². The average Bonchev–Trinajstić information content (AvgIpc) is 3.43. The van der Waals surface area contributed by atoms with Crippen LogP contribution in [-0.4, -0.2) is 72.0 Å². The van der Waals surface area contributed by atoms with Crippen LogP contribution in [-0.2, 0) is 20.9 Å². The third-order valence-corrected chi connectivity index (χ3v) is 4.60. The van der Waals surface area contributed by atoms with E-state index in [4.69, 9.17) is 29.3 Å². The zero-order valence-electron chi connectivity index (χ0n) is 21.8. The Kier molecular flexibility index (Phi) is 12.6. The number of alkyl halides is 6. The number of aromatic nitrogens is 2. The first-order valence-corrected chi connectivity index (χ1v) is 11.0. The minimum atomic E-state index is -5.08. The molecule has 11 nitrogen and oxygen atoms in total. The highest BCUT2D eigenvalue weighted by molar-refractivity contribution is 5.91. The van der Waals surface area contributed by atoms with E-state index in [1.165, 1.54) is 6.07 Å². The normalized spacial score (nSPS) is 10.7. The molecule has 0 saturated heterocycles. The standard InChI is InChI=1S/C20H21FN4O3.2C2HF3O2/c1-25(2)18-9-14(15-10-22-23-11-15)8-17(21)19(18)24-20(26)28-12-13-5-4-6-16(7-13)27-3;2*3-2(4,5)1(6)7/h4-11H,12H2,1-3H3,(H,22,23)(H,24,26);2*(H,6,7). The number of benzene rings is 2. The molecule has 2 aromatic carbocycles. The predicted molar refractivity (Wildman–Crippen MR) is 132 cm³/mol. The Morgan fingerprint density at radius 2 is 1.55 bits per heavy atom. The van der Waals surface area contributed by atoms with E-state index >= 15 is 0 Å². The van der Waals surface area contributed by atoms with E-state index in [1.807, 2.05) is 0 Å². The molecule has 0 aliphatic carbocycles. The van der Waals surface area contributed by atoms with Crippen LogP contribution in [0.15, 0.2) is 48.8 Å². The van der Waals surface area contributed by atoms with Gasteiger partial charge >= 0.3 is 30.4 Å². The highest BCUT2D eigenvalue weighted by Crippen LogP contribution is 2.33. The first-order valence-electron chi connectivity index (χ1n) is 11.0. The minimum Gasteiger partial charge on any atom is -0.497 e. The van der Waals surface area contributed by atoms with Crippen molar-refractivity contribution in [2.24, 2.45) is 0 Å². The second-order valence-corrected chi connectivity index (χ2v) is 7.89. The van der Waals surface area contributed by atoms with E-state index in [0.717, 1.165) is 11.1 Å². The lowest BCUT2D eigenvalue weighted by molar-refractivity contribution is -0.193. The number of anilines is 2. The van der Waals surface area contributed by atoms with Crippen LogP contribution in [0, 0.1) is 5.82 Å². The average molecular weight is 612 g/mol. The number of hydrogen-bond donors (Lipinski definition) is 4. The van der Waals surface area contributed by atoms with Crippen LogP contribution >= 0.6 is 0 Å². The summed E-state index contributed by atoms with van der Waals surface area (Å²) in [5.74, 6) is -5.42. The number of carboxylic acids is 2. The maximum Gasteiger partial charge on any atom is 0.490 e. The van der Waals surface area contributed by atoms with Crippen LogP contribution in [0.1, 0.15) is 5.56 Å². The Labute approximate surface area is 232 Å². The van der Waals surface area contributed by atoms with Gasteiger partial charge in [-0.1, -0.05) is 12.1 Å². The fraction of sp³-hybridized carbons (Fsp3) is 0.250. The molecule has 1 amide bonds. The number of nitrogens with one attached hydrogen (secondary N) is 2. The number of amides is 1. The molecule has 0 bridgehead atoms. The maximum absolute atomic E-state index is 14.7. The van der Waals surface area contributed by atoms with Gasteiger partial charge in [-0.25, -0.2) is 18.8 Å². The fourth-order valence-corrected chi connectivity index (χ4v) is 2.69. The van der Waals surface area contributed by atoms with Gasteiger partial charge < -0.3 is 24.6 Å². The first kappa shape index (κ1) is 35.0. The van der Waals surface area contributed by atoms with Crippen molar-refractivity contribution in [1.29, 1.82) is 0 Å². The van der Waals surface area contributed by atoms with E-state index < -0.39 is 36.2 Å². The molecule has 3 aromatic rings. The van der Waals surface area contributed by atoms with E-state index in [0.29, 0.717) is 17.0 Å². The van der Waals surface area contributed by atoms with Crippen molar-refractivity contribution in [3.8, 4) is 16.9 Å².